The normalized spacial score (nSPS) is 10.9. The van der Waals surface area contributed by atoms with E-state index >= 15 is 0 Å². The molecule has 5 aromatic carbocycles. The molecule has 39 heavy (non-hydrogen) atoms. The van der Waals surface area contributed by atoms with Crippen LogP contribution in [0.25, 0.3) is 21.5 Å². The molecule has 0 aliphatic heterocycles. The molecule has 0 amide bonds. The van der Waals surface area contributed by atoms with Gasteiger partial charge < -0.3 is 34.0 Å². The molecule has 0 saturated heterocycles. The molecule has 0 fully saturated rings. The topological polar surface area (TPSA) is 142 Å². The maximum Gasteiger partial charge on any atom is 0.0704 e. The van der Waals surface area contributed by atoms with E-state index in [2.05, 4.69) is 65.3 Å². The van der Waals surface area contributed by atoms with Gasteiger partial charge in [0.25, 0.3) is 0 Å². The number of anilines is 4. The quantitative estimate of drug-likeness (QED) is 0.0723. The predicted molar refractivity (Wildman–Crippen MR) is 173 cm³/mol. The number of rotatable bonds is 3. The van der Waals surface area contributed by atoms with Crippen molar-refractivity contribution in [3.05, 3.63) is 121 Å². The predicted octanol–water partition coefficient (Wildman–Crippen LogP) is 6.18. The number of para-hydroxylation sites is 1. The number of nitrogens with two attached hydrogens (primary N) is 5. The Hall–Kier alpha value is -4.36. The first kappa shape index (κ1) is 30.9. The summed E-state index contributed by atoms with van der Waals surface area (Å²) in [6.07, 6.45) is 4.19. The second-order valence-corrected chi connectivity index (χ2v) is 8.57. The van der Waals surface area contributed by atoms with Gasteiger partial charge in [-0.05, 0) is 56.1 Å². The summed E-state index contributed by atoms with van der Waals surface area (Å²) < 4.78 is 0. The monoisotopic (exact) mass is 522 g/mol. The lowest BCUT2D eigenvalue weighted by Gasteiger charge is -2.16. The molecule has 0 aromatic heterocycles. The first-order valence-electron chi connectivity index (χ1n) is 12.9. The Bertz CT molecular complexity index is 1400. The summed E-state index contributed by atoms with van der Waals surface area (Å²) in [7, 11) is 3.00. The number of fused-ring (bicyclic) bond motifs is 3. The Kier molecular flexibility index (Phi) is 13.0. The smallest absolute Gasteiger partial charge is 0.0704 e. The SMILES string of the molecule is CN.CN.Cc1ccc(N)cc1.NCC1C=C1.Nc1c(Nc2ccccc2)c2ccccc2c2ccccc12. The van der Waals surface area contributed by atoms with E-state index in [9.17, 15) is 0 Å². The van der Waals surface area contributed by atoms with Crippen LogP contribution in [0.2, 0.25) is 0 Å². The number of nitrogens with one attached hydrogen (secondary N) is 1. The second kappa shape index (κ2) is 16.5. The molecule has 0 heterocycles. The van der Waals surface area contributed by atoms with Crippen LogP contribution in [-0.2, 0) is 0 Å². The average molecular weight is 523 g/mol. The molecule has 0 unspecified atom stereocenters. The van der Waals surface area contributed by atoms with E-state index in [-0.39, 0.29) is 0 Å². The van der Waals surface area contributed by atoms with Gasteiger partial charge in [-0.2, -0.15) is 0 Å². The van der Waals surface area contributed by atoms with E-state index in [0.717, 1.165) is 40.1 Å². The van der Waals surface area contributed by atoms with E-state index in [1.54, 1.807) is 0 Å². The highest BCUT2D eigenvalue weighted by Gasteiger charge is 2.11. The highest BCUT2D eigenvalue weighted by Crippen LogP contribution is 2.39. The zero-order chi connectivity index (χ0) is 28.6. The number of nitrogen functional groups attached to an aromatic ring is 2. The molecule has 1 aliphatic carbocycles. The van der Waals surface area contributed by atoms with Crippen LogP contribution in [-0.4, -0.2) is 20.6 Å². The molecular weight excluding hydrogens is 480 g/mol. The third-order valence-corrected chi connectivity index (χ3v) is 5.83. The van der Waals surface area contributed by atoms with Crippen LogP contribution in [0.5, 0.6) is 0 Å². The van der Waals surface area contributed by atoms with Crippen LogP contribution in [0, 0.1) is 12.8 Å². The van der Waals surface area contributed by atoms with Gasteiger partial charge in [-0.3, -0.25) is 0 Å². The molecule has 0 spiro atoms. The Balaban J connectivity index is 0.000000257. The molecule has 6 nitrogen and oxygen atoms in total. The fraction of sp³-hybridized carbons (Fsp3) is 0.152. The highest BCUT2D eigenvalue weighted by molar-refractivity contribution is 6.20. The van der Waals surface area contributed by atoms with Crippen LogP contribution >= 0.6 is 0 Å². The van der Waals surface area contributed by atoms with Gasteiger partial charge in [-0.1, -0.05) is 96.6 Å². The van der Waals surface area contributed by atoms with Gasteiger partial charge in [0.2, 0.25) is 0 Å². The number of aryl methyl sites for hydroxylation is 1. The molecule has 6 heteroatoms. The summed E-state index contributed by atoms with van der Waals surface area (Å²) in [5.74, 6) is 0.662. The summed E-state index contributed by atoms with van der Waals surface area (Å²) in [6.45, 7) is 2.85. The van der Waals surface area contributed by atoms with Gasteiger partial charge in [0, 0.05) is 34.6 Å². The standard InChI is InChI=1S/C20H16N2.C7H9N.C4H7N.2CH5N/c21-19-17-12-6-4-10-15(17)16-11-5-7-13-18(16)20(19)22-14-8-2-1-3-9-14;1-6-2-4-7(8)5-3-6;5-3-4-1-2-4;2*1-2/h1-13,22H,21H2;2-5H,8H2,1H3;1-2,4H,3,5H2;2*2H2,1H3. The zero-order valence-electron chi connectivity index (χ0n) is 23.1. The maximum atomic E-state index is 6.47. The van der Waals surface area contributed by atoms with Crippen molar-refractivity contribution < 1.29 is 0 Å². The van der Waals surface area contributed by atoms with Gasteiger partial charge >= 0.3 is 0 Å². The molecule has 5 aromatic rings. The van der Waals surface area contributed by atoms with Crippen LogP contribution in [0.1, 0.15) is 5.56 Å². The summed E-state index contributed by atoms with van der Waals surface area (Å²) in [4.78, 5) is 0. The fourth-order valence-electron chi connectivity index (χ4n) is 3.77. The molecule has 0 bridgehead atoms. The lowest BCUT2D eigenvalue weighted by molar-refractivity contribution is 0.916. The van der Waals surface area contributed by atoms with Crippen LogP contribution in [0.4, 0.5) is 22.7 Å². The number of hydrogen-bond donors (Lipinski definition) is 6. The average Bonchev–Trinajstić information content (AvgIpc) is 3.85. The van der Waals surface area contributed by atoms with Crippen molar-refractivity contribution in [2.24, 2.45) is 23.1 Å². The van der Waals surface area contributed by atoms with Crippen molar-refractivity contribution in [3.63, 3.8) is 0 Å². The summed E-state index contributed by atoms with van der Waals surface area (Å²) in [5.41, 5.74) is 30.9. The fourth-order valence-corrected chi connectivity index (χ4v) is 3.77. The first-order chi connectivity index (χ1) is 19.1. The van der Waals surface area contributed by atoms with Crippen molar-refractivity contribution in [3.8, 4) is 0 Å². The zero-order valence-corrected chi connectivity index (χ0v) is 23.1. The van der Waals surface area contributed by atoms with E-state index < -0.39 is 0 Å². The van der Waals surface area contributed by atoms with Gasteiger partial charge in [0.05, 0.1) is 11.4 Å². The maximum absolute atomic E-state index is 6.47. The Morgan fingerprint density at radius 2 is 1.05 bits per heavy atom. The lowest BCUT2D eigenvalue weighted by Crippen LogP contribution is -2.00. The largest absolute Gasteiger partial charge is 0.399 e. The molecular formula is C33H42N6. The number of hydrogen-bond acceptors (Lipinski definition) is 6. The van der Waals surface area contributed by atoms with Crippen molar-refractivity contribution >= 4 is 44.3 Å². The minimum absolute atomic E-state index is 0.662. The highest BCUT2D eigenvalue weighted by atomic mass is 14.9. The molecule has 0 atom stereocenters. The summed E-state index contributed by atoms with van der Waals surface area (Å²) in [6, 6.07) is 34.6. The Morgan fingerprint density at radius 1 is 0.590 bits per heavy atom. The third-order valence-electron chi connectivity index (χ3n) is 5.83. The first-order valence-corrected chi connectivity index (χ1v) is 12.9. The van der Waals surface area contributed by atoms with Gasteiger partial charge in [-0.15, -0.1) is 0 Å². The van der Waals surface area contributed by atoms with Crippen molar-refractivity contribution in [1.82, 2.24) is 0 Å². The van der Waals surface area contributed by atoms with Gasteiger partial charge in [0.1, 0.15) is 0 Å². The molecule has 1 aliphatic rings. The number of benzene rings is 5. The Labute approximate surface area is 232 Å². The molecule has 0 saturated carbocycles. The minimum Gasteiger partial charge on any atom is -0.399 e. The van der Waals surface area contributed by atoms with Crippen LogP contribution in [0.15, 0.2) is 115 Å². The minimum atomic E-state index is 0.662. The van der Waals surface area contributed by atoms with E-state index in [4.69, 9.17) is 17.2 Å². The van der Waals surface area contributed by atoms with Crippen LogP contribution in [0.3, 0.4) is 0 Å². The van der Waals surface area contributed by atoms with Gasteiger partial charge in [-0.25, -0.2) is 0 Å². The van der Waals surface area contributed by atoms with Crippen molar-refractivity contribution in [1.29, 1.82) is 0 Å². The third kappa shape index (κ3) is 9.16. The molecule has 11 N–H and O–H groups in total. The second-order valence-electron chi connectivity index (χ2n) is 8.57. The molecule has 6 rings (SSSR count). The van der Waals surface area contributed by atoms with Crippen molar-refractivity contribution in [2.45, 2.75) is 6.92 Å². The lowest BCUT2D eigenvalue weighted by atomic mass is 9.98. The van der Waals surface area contributed by atoms with E-state index in [1.807, 2.05) is 73.7 Å². The summed E-state index contributed by atoms with van der Waals surface area (Å²) >= 11 is 0. The molecule has 0 radical (unpaired) electrons. The summed E-state index contributed by atoms with van der Waals surface area (Å²) in [5, 5.41) is 8.11. The van der Waals surface area contributed by atoms with Crippen molar-refractivity contribution in [2.75, 3.05) is 37.4 Å². The Morgan fingerprint density at radius 3 is 1.51 bits per heavy atom. The van der Waals surface area contributed by atoms with Gasteiger partial charge in [0.15, 0.2) is 0 Å². The molecule has 204 valence electrons. The van der Waals surface area contributed by atoms with Crippen LogP contribution < -0.4 is 34.0 Å². The van der Waals surface area contributed by atoms with E-state index in [0.29, 0.717) is 5.92 Å². The van der Waals surface area contributed by atoms with E-state index in [1.165, 1.54) is 30.4 Å².